The molecule has 0 amide bonds. The number of hydrogen-bond donors (Lipinski definition) is 0. The lowest BCUT2D eigenvalue weighted by molar-refractivity contribution is -0.00400. The smallest absolute Gasteiger partial charge is 0.339 e. The van der Waals surface area contributed by atoms with Gasteiger partial charge in [0.2, 0.25) is 11.5 Å². The molecule has 1 saturated heterocycles. The summed E-state index contributed by atoms with van der Waals surface area (Å²) in [5.41, 5.74) is 1.11. The maximum Gasteiger partial charge on any atom is 0.339 e. The number of methoxy groups -OCH3 is 5. The summed E-state index contributed by atoms with van der Waals surface area (Å²) in [6, 6.07) is 6.64. The molecule has 1 atom stereocenters. The van der Waals surface area contributed by atoms with Crippen LogP contribution >= 0.6 is 12.4 Å². The summed E-state index contributed by atoms with van der Waals surface area (Å²) in [5, 5.41) is 0.702. The Balaban J connectivity index is 0.00000462. The van der Waals surface area contributed by atoms with E-state index in [0.717, 1.165) is 0 Å². The van der Waals surface area contributed by atoms with E-state index in [-0.39, 0.29) is 24.4 Å². The van der Waals surface area contributed by atoms with Crippen LogP contribution in [-0.2, 0) is 15.9 Å². The molecule has 1 fully saturated rings. The lowest BCUT2D eigenvalue weighted by Gasteiger charge is -2.30. The number of morpholine rings is 1. The van der Waals surface area contributed by atoms with Crippen LogP contribution in [0.4, 0.5) is 0 Å². The number of ether oxygens (including phenoxy) is 7. The normalized spacial score (nSPS) is 14.1. The lowest BCUT2D eigenvalue weighted by Crippen LogP contribution is -2.43. The molecule has 41 heavy (non-hydrogen) atoms. The quantitative estimate of drug-likeness (QED) is 0.239. The monoisotopic (exact) mass is 593 g/mol. The van der Waals surface area contributed by atoms with Crippen molar-refractivity contribution >= 4 is 29.3 Å². The van der Waals surface area contributed by atoms with Crippen LogP contribution in [0.3, 0.4) is 0 Å². The molecule has 2 aromatic carbocycles. The molecule has 12 heteroatoms. The first kappa shape index (κ1) is 31.9. The van der Waals surface area contributed by atoms with Gasteiger partial charge in [-0.3, -0.25) is 4.90 Å². The summed E-state index contributed by atoms with van der Waals surface area (Å²) in [4.78, 5) is 28.8. The highest BCUT2D eigenvalue weighted by atomic mass is 35.5. The average Bonchev–Trinajstić information content (AvgIpc) is 2.98. The van der Waals surface area contributed by atoms with Gasteiger partial charge < -0.3 is 37.6 Å². The molecule has 0 spiro atoms. The first-order valence-corrected chi connectivity index (χ1v) is 12.8. The number of rotatable bonds is 11. The number of nitrogens with zero attached hydrogens (tertiary/aromatic N) is 1. The van der Waals surface area contributed by atoms with Crippen LogP contribution in [0, 0.1) is 6.92 Å². The molecule has 1 aliphatic heterocycles. The highest BCUT2D eigenvalue weighted by molar-refractivity contribution is 5.91. The molecule has 0 radical (unpaired) electrons. The summed E-state index contributed by atoms with van der Waals surface area (Å²) in [6.07, 6.45) is -0.518. The number of esters is 1. The van der Waals surface area contributed by atoms with Gasteiger partial charge in [0.15, 0.2) is 22.8 Å². The van der Waals surface area contributed by atoms with Crippen molar-refractivity contribution in [3.63, 3.8) is 0 Å². The van der Waals surface area contributed by atoms with Gasteiger partial charge in [-0.25, -0.2) is 9.59 Å². The Bertz CT molecular complexity index is 1390. The predicted octanol–water partition coefficient (Wildman–Crippen LogP) is 3.67. The third kappa shape index (κ3) is 6.80. The molecular weight excluding hydrogens is 558 g/mol. The van der Waals surface area contributed by atoms with Crippen molar-refractivity contribution in [3.05, 3.63) is 51.4 Å². The van der Waals surface area contributed by atoms with E-state index < -0.39 is 17.7 Å². The molecule has 2 heterocycles. The molecule has 1 aromatic heterocycles. The number of aryl methyl sites for hydroxylation is 1. The molecule has 0 bridgehead atoms. The number of halogens is 1. The summed E-state index contributed by atoms with van der Waals surface area (Å²) < 4.78 is 44.2. The van der Waals surface area contributed by atoms with Crippen LogP contribution in [0.15, 0.2) is 33.5 Å². The first-order chi connectivity index (χ1) is 19.3. The highest BCUT2D eigenvalue weighted by Crippen LogP contribution is 2.39. The number of carbonyl (C=O) groups is 1. The standard InChI is InChI=1S/C29H35NO10.ClH/c1-17-20-7-8-22(33-2)27(37-6)25(20)40-29(32)21(17)15-19(16-30-9-11-38-12-10-30)39-28(31)18-13-23(34-3)26(36-5)24(14-18)35-4;/h7-8,13-14,19H,9-12,15-16H2,1-6H3;1H. The Labute approximate surface area is 244 Å². The van der Waals surface area contributed by atoms with Gasteiger partial charge in [0.05, 0.1) is 54.3 Å². The Morgan fingerprint density at radius 3 is 2.07 bits per heavy atom. The van der Waals surface area contributed by atoms with E-state index in [2.05, 4.69) is 4.90 Å². The zero-order valence-electron chi connectivity index (χ0n) is 24.1. The topological polar surface area (TPSA) is 115 Å². The molecule has 4 rings (SSSR count). The van der Waals surface area contributed by atoms with Gasteiger partial charge in [-0.05, 0) is 36.8 Å². The largest absolute Gasteiger partial charge is 0.493 e. The number of fused-ring (bicyclic) bond motifs is 1. The fraction of sp³-hybridized carbons (Fsp3) is 0.448. The van der Waals surface area contributed by atoms with Crippen molar-refractivity contribution < 1.29 is 42.4 Å². The van der Waals surface area contributed by atoms with Crippen LogP contribution in [0.25, 0.3) is 11.0 Å². The molecule has 11 nitrogen and oxygen atoms in total. The second-order valence-corrected chi connectivity index (χ2v) is 9.23. The molecule has 0 N–H and O–H groups in total. The van der Waals surface area contributed by atoms with Crippen LogP contribution in [0.5, 0.6) is 28.7 Å². The van der Waals surface area contributed by atoms with Crippen molar-refractivity contribution in [1.29, 1.82) is 0 Å². The van der Waals surface area contributed by atoms with E-state index in [9.17, 15) is 9.59 Å². The van der Waals surface area contributed by atoms with Crippen molar-refractivity contribution in [2.45, 2.75) is 19.4 Å². The molecular formula is C29H36ClNO10. The minimum atomic E-state index is -0.663. The summed E-state index contributed by atoms with van der Waals surface area (Å²) >= 11 is 0. The van der Waals surface area contributed by atoms with E-state index in [1.807, 2.05) is 13.0 Å². The number of hydrogen-bond acceptors (Lipinski definition) is 11. The lowest BCUT2D eigenvalue weighted by atomic mass is 10.00. The minimum Gasteiger partial charge on any atom is -0.493 e. The second kappa shape index (κ2) is 14.3. The van der Waals surface area contributed by atoms with Gasteiger partial charge in [0.25, 0.3) is 0 Å². The van der Waals surface area contributed by atoms with Crippen molar-refractivity contribution in [2.24, 2.45) is 0 Å². The fourth-order valence-corrected chi connectivity index (χ4v) is 4.86. The fourth-order valence-electron chi connectivity index (χ4n) is 4.86. The summed E-state index contributed by atoms with van der Waals surface area (Å²) in [7, 11) is 7.43. The van der Waals surface area contributed by atoms with E-state index >= 15 is 0 Å². The van der Waals surface area contributed by atoms with Gasteiger partial charge in [-0.1, -0.05) is 0 Å². The molecule has 0 saturated carbocycles. The number of carbonyl (C=O) groups excluding carboxylic acids is 1. The van der Waals surface area contributed by atoms with E-state index in [0.29, 0.717) is 83.7 Å². The van der Waals surface area contributed by atoms with Gasteiger partial charge in [0.1, 0.15) is 6.10 Å². The molecule has 1 aliphatic rings. The Morgan fingerprint density at radius 2 is 1.51 bits per heavy atom. The van der Waals surface area contributed by atoms with Crippen LogP contribution < -0.4 is 29.3 Å². The Kier molecular flexibility index (Phi) is 11.1. The highest BCUT2D eigenvalue weighted by Gasteiger charge is 2.27. The van der Waals surface area contributed by atoms with Crippen LogP contribution in [0.1, 0.15) is 21.5 Å². The van der Waals surface area contributed by atoms with Crippen LogP contribution in [0.2, 0.25) is 0 Å². The van der Waals surface area contributed by atoms with Crippen LogP contribution in [-0.4, -0.2) is 85.4 Å². The Morgan fingerprint density at radius 1 is 0.902 bits per heavy atom. The van der Waals surface area contributed by atoms with Gasteiger partial charge in [-0.15, -0.1) is 12.4 Å². The zero-order valence-corrected chi connectivity index (χ0v) is 24.9. The third-order valence-electron chi connectivity index (χ3n) is 6.97. The first-order valence-electron chi connectivity index (χ1n) is 12.8. The number of benzene rings is 2. The van der Waals surface area contributed by atoms with E-state index in [4.69, 9.17) is 37.6 Å². The molecule has 1 unspecified atom stereocenters. The minimum absolute atomic E-state index is 0. The van der Waals surface area contributed by atoms with E-state index in [1.165, 1.54) is 47.7 Å². The summed E-state index contributed by atoms with van der Waals surface area (Å²) in [6.45, 7) is 4.76. The Hall–Kier alpha value is -3.67. The summed E-state index contributed by atoms with van der Waals surface area (Å²) in [5.74, 6) is 1.22. The van der Waals surface area contributed by atoms with Crippen molar-refractivity contribution in [2.75, 3.05) is 68.4 Å². The maximum absolute atomic E-state index is 13.4. The van der Waals surface area contributed by atoms with Gasteiger partial charge >= 0.3 is 11.6 Å². The maximum atomic E-state index is 13.4. The van der Waals surface area contributed by atoms with Crippen molar-refractivity contribution in [1.82, 2.24) is 4.90 Å². The average molecular weight is 594 g/mol. The van der Waals surface area contributed by atoms with E-state index in [1.54, 1.807) is 6.07 Å². The second-order valence-electron chi connectivity index (χ2n) is 9.23. The predicted molar refractivity (Wildman–Crippen MR) is 154 cm³/mol. The zero-order chi connectivity index (χ0) is 28.8. The van der Waals surface area contributed by atoms with Gasteiger partial charge in [-0.2, -0.15) is 0 Å². The van der Waals surface area contributed by atoms with Crippen molar-refractivity contribution in [3.8, 4) is 28.7 Å². The molecule has 3 aromatic rings. The third-order valence-corrected chi connectivity index (χ3v) is 6.97. The SMILES string of the molecule is COc1cc(C(=O)OC(Cc2c(C)c3ccc(OC)c(OC)c3oc2=O)CN2CCOCC2)cc(OC)c1OC.Cl. The van der Waals surface area contributed by atoms with Gasteiger partial charge in [0, 0.05) is 37.0 Å². The molecule has 224 valence electrons. The molecule has 0 aliphatic carbocycles.